The highest BCUT2D eigenvalue weighted by molar-refractivity contribution is 6.31. The van der Waals surface area contributed by atoms with Crippen molar-refractivity contribution >= 4 is 17.6 Å². The average molecular weight is 422 g/mol. The number of aliphatic hydroxyl groups excluding tert-OH is 1. The van der Waals surface area contributed by atoms with E-state index < -0.39 is 22.7 Å². The fraction of sp³-hybridized carbons (Fsp3) is 0.176. The summed E-state index contributed by atoms with van der Waals surface area (Å²) < 4.78 is 53.8. The average Bonchev–Trinajstić information content (AvgIpc) is 2.62. The number of pyridine rings is 1. The summed E-state index contributed by atoms with van der Waals surface area (Å²) in [5.41, 5.74) is -1.04. The van der Waals surface area contributed by atoms with Crippen LogP contribution < -0.4 is 14.2 Å². The van der Waals surface area contributed by atoms with Gasteiger partial charge in [0.05, 0.1) is 12.2 Å². The molecule has 0 bridgehead atoms. The van der Waals surface area contributed by atoms with Gasteiger partial charge in [0.25, 0.3) is 0 Å². The molecule has 7 nitrogen and oxygen atoms in total. The molecular weight excluding hydrogens is 407 g/mol. The van der Waals surface area contributed by atoms with E-state index in [-0.39, 0.29) is 41.8 Å². The van der Waals surface area contributed by atoms with Crippen LogP contribution in [0.25, 0.3) is 0 Å². The number of halogens is 4. The van der Waals surface area contributed by atoms with Gasteiger partial charge in [-0.2, -0.15) is 13.2 Å². The molecule has 1 aromatic carbocycles. The van der Waals surface area contributed by atoms with Crippen molar-refractivity contribution in [1.29, 1.82) is 0 Å². The van der Waals surface area contributed by atoms with Gasteiger partial charge in [0.15, 0.2) is 11.5 Å². The number of aliphatic hydroxyl groups is 1. The van der Waals surface area contributed by atoms with E-state index >= 15 is 0 Å². The highest BCUT2D eigenvalue weighted by atomic mass is 35.5. The van der Waals surface area contributed by atoms with Crippen LogP contribution in [0.5, 0.6) is 23.1 Å². The molecule has 28 heavy (non-hydrogen) atoms. The number of hydrogen-bond acceptors (Lipinski definition) is 6. The Morgan fingerprint density at radius 3 is 2.57 bits per heavy atom. The van der Waals surface area contributed by atoms with Crippen molar-refractivity contribution in [2.75, 3.05) is 13.2 Å². The van der Waals surface area contributed by atoms with Gasteiger partial charge in [-0.05, 0) is 18.2 Å². The summed E-state index contributed by atoms with van der Waals surface area (Å²) in [6.07, 6.45) is -3.16. The molecule has 1 heterocycles. The lowest BCUT2D eigenvalue weighted by molar-refractivity contribution is -0.137. The molecule has 11 heteroatoms. The SMILES string of the molecule is C=CC(=O)Oc1c(OCCO)cccc1Oc1ncc(C(F)(F)F)cc1Cl.O. The Kier molecular flexibility index (Phi) is 8.23. The van der Waals surface area contributed by atoms with E-state index in [0.717, 1.165) is 6.08 Å². The molecule has 0 spiro atoms. The number of nitrogens with zero attached hydrogens (tertiary/aromatic N) is 1. The van der Waals surface area contributed by atoms with Gasteiger partial charge in [-0.3, -0.25) is 0 Å². The lowest BCUT2D eigenvalue weighted by atomic mass is 10.2. The second kappa shape index (κ2) is 9.93. The number of para-hydroxylation sites is 1. The van der Waals surface area contributed by atoms with E-state index in [2.05, 4.69) is 11.6 Å². The van der Waals surface area contributed by atoms with Crippen LogP contribution in [0.1, 0.15) is 5.56 Å². The third-order valence-electron chi connectivity index (χ3n) is 3.00. The van der Waals surface area contributed by atoms with Gasteiger partial charge in [-0.15, -0.1) is 0 Å². The van der Waals surface area contributed by atoms with Gasteiger partial charge in [0.1, 0.15) is 11.6 Å². The minimum absolute atomic E-state index is 0. The van der Waals surface area contributed by atoms with Crippen LogP contribution in [-0.2, 0) is 11.0 Å². The predicted molar refractivity (Wildman–Crippen MR) is 92.8 cm³/mol. The van der Waals surface area contributed by atoms with Crippen molar-refractivity contribution in [1.82, 2.24) is 4.98 Å². The fourth-order valence-corrected chi connectivity index (χ4v) is 2.05. The molecule has 0 saturated heterocycles. The number of carbonyl (C=O) groups is 1. The number of carbonyl (C=O) groups excluding carboxylic acids is 1. The summed E-state index contributed by atoms with van der Waals surface area (Å²) in [5, 5.41) is 8.48. The molecule has 0 fully saturated rings. The van der Waals surface area contributed by atoms with Crippen molar-refractivity contribution < 1.29 is 42.8 Å². The Bertz CT molecular complexity index is 844. The molecule has 0 radical (unpaired) electrons. The summed E-state index contributed by atoms with van der Waals surface area (Å²) >= 11 is 5.82. The second-order valence-corrected chi connectivity index (χ2v) is 5.30. The monoisotopic (exact) mass is 421 g/mol. The molecule has 0 aliphatic heterocycles. The summed E-state index contributed by atoms with van der Waals surface area (Å²) in [6, 6.07) is 4.94. The first kappa shape index (κ1) is 23.2. The molecule has 0 aliphatic carbocycles. The molecular formula is C17H15ClF3NO6. The van der Waals surface area contributed by atoms with Gasteiger partial charge in [0, 0.05) is 12.3 Å². The minimum atomic E-state index is -4.61. The maximum atomic E-state index is 12.7. The van der Waals surface area contributed by atoms with Gasteiger partial charge in [-0.1, -0.05) is 24.2 Å². The number of esters is 1. The van der Waals surface area contributed by atoms with Crippen LogP contribution in [-0.4, -0.2) is 34.7 Å². The summed E-state index contributed by atoms with van der Waals surface area (Å²) in [7, 11) is 0. The molecule has 0 saturated carbocycles. The van der Waals surface area contributed by atoms with E-state index in [1.807, 2.05) is 0 Å². The Morgan fingerprint density at radius 2 is 2.00 bits per heavy atom. The van der Waals surface area contributed by atoms with E-state index in [9.17, 15) is 18.0 Å². The minimum Gasteiger partial charge on any atom is -0.487 e. The summed E-state index contributed by atoms with van der Waals surface area (Å²) in [4.78, 5) is 15.1. The second-order valence-electron chi connectivity index (χ2n) is 4.89. The molecule has 0 amide bonds. The third-order valence-corrected chi connectivity index (χ3v) is 3.27. The maximum absolute atomic E-state index is 12.7. The van der Waals surface area contributed by atoms with Crippen molar-refractivity contribution in [3.63, 3.8) is 0 Å². The van der Waals surface area contributed by atoms with Gasteiger partial charge < -0.3 is 24.8 Å². The van der Waals surface area contributed by atoms with Gasteiger partial charge in [-0.25, -0.2) is 9.78 Å². The van der Waals surface area contributed by atoms with Crippen molar-refractivity contribution in [2.45, 2.75) is 6.18 Å². The number of ether oxygens (including phenoxy) is 3. The van der Waals surface area contributed by atoms with Crippen LogP contribution in [0.4, 0.5) is 13.2 Å². The van der Waals surface area contributed by atoms with Crippen molar-refractivity contribution in [3.8, 4) is 23.1 Å². The number of alkyl halides is 3. The van der Waals surface area contributed by atoms with Crippen LogP contribution in [0.3, 0.4) is 0 Å². The topological polar surface area (TPSA) is 109 Å². The van der Waals surface area contributed by atoms with Crippen molar-refractivity contribution in [2.24, 2.45) is 0 Å². The Hall–Kier alpha value is -2.82. The number of rotatable bonds is 7. The molecule has 0 unspecified atom stereocenters. The van der Waals surface area contributed by atoms with E-state index in [0.29, 0.717) is 12.3 Å². The largest absolute Gasteiger partial charge is 0.487 e. The van der Waals surface area contributed by atoms with E-state index in [1.165, 1.54) is 18.2 Å². The Morgan fingerprint density at radius 1 is 1.32 bits per heavy atom. The maximum Gasteiger partial charge on any atom is 0.417 e. The van der Waals surface area contributed by atoms with E-state index in [1.54, 1.807) is 0 Å². The van der Waals surface area contributed by atoms with Crippen molar-refractivity contribution in [3.05, 3.63) is 53.7 Å². The number of benzene rings is 1. The smallest absolute Gasteiger partial charge is 0.417 e. The zero-order valence-corrected chi connectivity index (χ0v) is 14.9. The third kappa shape index (κ3) is 5.84. The first-order valence-corrected chi connectivity index (χ1v) is 7.75. The number of aromatic nitrogens is 1. The normalized spacial score (nSPS) is 10.6. The molecule has 2 aromatic rings. The first-order valence-electron chi connectivity index (χ1n) is 7.37. The van der Waals surface area contributed by atoms with Crippen LogP contribution >= 0.6 is 11.6 Å². The highest BCUT2D eigenvalue weighted by Crippen LogP contribution is 2.41. The molecule has 152 valence electrons. The highest BCUT2D eigenvalue weighted by Gasteiger charge is 2.32. The molecule has 0 atom stereocenters. The van der Waals surface area contributed by atoms with Gasteiger partial charge in [0.2, 0.25) is 11.6 Å². The zero-order chi connectivity index (χ0) is 20.0. The molecule has 0 aliphatic rings. The summed E-state index contributed by atoms with van der Waals surface area (Å²) in [5.74, 6) is -1.37. The lowest BCUT2D eigenvalue weighted by Crippen LogP contribution is -2.09. The van der Waals surface area contributed by atoms with Crippen LogP contribution in [0, 0.1) is 0 Å². The summed E-state index contributed by atoms with van der Waals surface area (Å²) in [6.45, 7) is 2.88. The first-order chi connectivity index (χ1) is 12.8. The molecule has 1 aromatic heterocycles. The van der Waals surface area contributed by atoms with Gasteiger partial charge >= 0.3 is 12.1 Å². The fourth-order valence-electron chi connectivity index (χ4n) is 1.85. The number of hydrogen-bond donors (Lipinski definition) is 1. The Balaban J connectivity index is 0.00000392. The zero-order valence-electron chi connectivity index (χ0n) is 14.1. The predicted octanol–water partition coefficient (Wildman–Crippen LogP) is 3.18. The van der Waals surface area contributed by atoms with E-state index in [4.69, 9.17) is 30.9 Å². The Labute approximate surface area is 162 Å². The standard InChI is InChI=1S/C17H13ClF3NO5.H2O/c1-2-14(24)27-15-12(25-7-6-23)4-3-5-13(15)26-16-11(18)8-10(9-22-16)17(19,20)21;/h2-5,8-9,23H,1,6-7H2;1H2. The molecule has 3 N–H and O–H groups in total. The van der Waals surface area contributed by atoms with Crippen LogP contribution in [0.15, 0.2) is 43.1 Å². The van der Waals surface area contributed by atoms with Crippen LogP contribution in [0.2, 0.25) is 5.02 Å². The lowest BCUT2D eigenvalue weighted by Gasteiger charge is -2.15. The molecule has 2 rings (SSSR count). The quantitative estimate of drug-likeness (QED) is 0.417.